The van der Waals surface area contributed by atoms with Crippen LogP contribution in [-0.2, 0) is 16.0 Å². The minimum atomic E-state index is -0.585. The summed E-state index contributed by atoms with van der Waals surface area (Å²) < 4.78 is 10.5. The summed E-state index contributed by atoms with van der Waals surface area (Å²) in [5.74, 6) is 0.359. The molecule has 2 atom stereocenters. The predicted octanol–water partition coefficient (Wildman–Crippen LogP) is 1.96. The third kappa shape index (κ3) is 2.64. The molecule has 2 rings (SSSR count). The fourth-order valence-corrected chi connectivity index (χ4v) is 2.21. The maximum Gasteiger partial charge on any atom is 0.347 e. The van der Waals surface area contributed by atoms with Gasteiger partial charge in [-0.05, 0) is 49.9 Å². The summed E-state index contributed by atoms with van der Waals surface area (Å²) in [5.41, 5.74) is 8.38. The highest BCUT2D eigenvalue weighted by atomic mass is 16.6. The SMILES string of the molecule is CCOC(=O)C(C)Oc1ccc2c(c1)CCC2N. The number of carbonyl (C=O) groups is 1. The zero-order chi connectivity index (χ0) is 13.1. The van der Waals surface area contributed by atoms with Gasteiger partial charge in [0.05, 0.1) is 6.61 Å². The summed E-state index contributed by atoms with van der Waals surface area (Å²) in [4.78, 5) is 11.5. The van der Waals surface area contributed by atoms with Crippen molar-refractivity contribution in [3.8, 4) is 5.75 Å². The first-order chi connectivity index (χ1) is 8.61. The lowest BCUT2D eigenvalue weighted by molar-refractivity contribution is -0.150. The molecule has 4 nitrogen and oxygen atoms in total. The highest BCUT2D eigenvalue weighted by molar-refractivity contribution is 5.74. The first-order valence-electron chi connectivity index (χ1n) is 6.33. The number of hydrogen-bond donors (Lipinski definition) is 1. The normalized spacial score (nSPS) is 19.2. The second kappa shape index (κ2) is 5.40. The number of esters is 1. The standard InChI is InChI=1S/C14H19NO3/c1-3-17-14(16)9(2)18-11-5-6-12-10(8-11)4-7-13(12)15/h5-6,8-9,13H,3-4,7,15H2,1-2H3. The molecule has 0 amide bonds. The molecule has 0 radical (unpaired) electrons. The van der Waals surface area contributed by atoms with E-state index >= 15 is 0 Å². The van der Waals surface area contributed by atoms with Crippen LogP contribution in [0, 0.1) is 0 Å². The van der Waals surface area contributed by atoms with Crippen molar-refractivity contribution in [2.75, 3.05) is 6.61 Å². The van der Waals surface area contributed by atoms with E-state index in [1.807, 2.05) is 18.2 Å². The van der Waals surface area contributed by atoms with Gasteiger partial charge in [0.1, 0.15) is 5.75 Å². The Morgan fingerprint density at radius 2 is 2.33 bits per heavy atom. The summed E-state index contributed by atoms with van der Waals surface area (Å²) in [5, 5.41) is 0. The van der Waals surface area contributed by atoms with E-state index in [0.717, 1.165) is 12.8 Å². The van der Waals surface area contributed by atoms with Gasteiger partial charge in [-0.25, -0.2) is 4.79 Å². The minimum absolute atomic E-state index is 0.136. The largest absolute Gasteiger partial charge is 0.479 e. The van der Waals surface area contributed by atoms with Gasteiger partial charge in [-0.15, -0.1) is 0 Å². The van der Waals surface area contributed by atoms with E-state index in [4.69, 9.17) is 15.2 Å². The van der Waals surface area contributed by atoms with Crippen LogP contribution in [-0.4, -0.2) is 18.7 Å². The molecular formula is C14H19NO3. The lowest BCUT2D eigenvalue weighted by atomic mass is 10.1. The molecule has 18 heavy (non-hydrogen) atoms. The predicted molar refractivity (Wildman–Crippen MR) is 68.4 cm³/mol. The van der Waals surface area contributed by atoms with Gasteiger partial charge in [0.15, 0.2) is 6.10 Å². The van der Waals surface area contributed by atoms with Gasteiger partial charge in [0.25, 0.3) is 0 Å². The molecular weight excluding hydrogens is 230 g/mol. The fraction of sp³-hybridized carbons (Fsp3) is 0.500. The molecule has 0 fully saturated rings. The summed E-state index contributed by atoms with van der Waals surface area (Å²) >= 11 is 0. The number of nitrogens with two attached hydrogens (primary N) is 1. The lowest BCUT2D eigenvalue weighted by Crippen LogP contribution is -2.26. The van der Waals surface area contributed by atoms with Gasteiger partial charge < -0.3 is 15.2 Å². The Morgan fingerprint density at radius 1 is 1.56 bits per heavy atom. The van der Waals surface area contributed by atoms with E-state index in [-0.39, 0.29) is 12.0 Å². The molecule has 0 bridgehead atoms. The smallest absolute Gasteiger partial charge is 0.347 e. The third-order valence-corrected chi connectivity index (χ3v) is 3.17. The van der Waals surface area contributed by atoms with Gasteiger partial charge in [-0.1, -0.05) is 6.07 Å². The Bertz CT molecular complexity index is 445. The average molecular weight is 249 g/mol. The molecule has 2 unspecified atom stereocenters. The van der Waals surface area contributed by atoms with Crippen molar-refractivity contribution in [3.05, 3.63) is 29.3 Å². The van der Waals surface area contributed by atoms with Crippen LogP contribution in [0.5, 0.6) is 5.75 Å². The topological polar surface area (TPSA) is 61.5 Å². The molecule has 2 N–H and O–H groups in total. The molecule has 0 spiro atoms. The van der Waals surface area contributed by atoms with E-state index < -0.39 is 6.10 Å². The Kier molecular flexibility index (Phi) is 3.87. The molecule has 0 heterocycles. The number of aryl methyl sites for hydroxylation is 1. The molecule has 4 heteroatoms. The number of benzene rings is 1. The van der Waals surface area contributed by atoms with Gasteiger partial charge in [-0.3, -0.25) is 0 Å². The number of carbonyl (C=O) groups excluding carboxylic acids is 1. The fourth-order valence-electron chi connectivity index (χ4n) is 2.21. The van der Waals surface area contributed by atoms with Crippen LogP contribution in [0.25, 0.3) is 0 Å². The van der Waals surface area contributed by atoms with E-state index in [1.165, 1.54) is 11.1 Å². The van der Waals surface area contributed by atoms with Crippen LogP contribution >= 0.6 is 0 Å². The zero-order valence-electron chi connectivity index (χ0n) is 10.8. The molecule has 0 saturated heterocycles. The molecule has 1 aromatic rings. The van der Waals surface area contributed by atoms with Crippen LogP contribution < -0.4 is 10.5 Å². The molecule has 0 aromatic heterocycles. The summed E-state index contributed by atoms with van der Waals surface area (Å²) in [7, 11) is 0. The van der Waals surface area contributed by atoms with Gasteiger partial charge in [0, 0.05) is 6.04 Å². The van der Waals surface area contributed by atoms with Crippen LogP contribution in [0.15, 0.2) is 18.2 Å². The van der Waals surface area contributed by atoms with Gasteiger partial charge >= 0.3 is 5.97 Å². The third-order valence-electron chi connectivity index (χ3n) is 3.17. The molecule has 0 saturated carbocycles. The molecule has 1 aliphatic rings. The van der Waals surface area contributed by atoms with Crippen molar-refractivity contribution in [3.63, 3.8) is 0 Å². The average Bonchev–Trinajstić information content (AvgIpc) is 2.71. The van der Waals surface area contributed by atoms with Gasteiger partial charge in [0.2, 0.25) is 0 Å². The Labute approximate surface area is 107 Å². The zero-order valence-corrected chi connectivity index (χ0v) is 10.8. The first-order valence-corrected chi connectivity index (χ1v) is 6.33. The second-order valence-corrected chi connectivity index (χ2v) is 4.52. The summed E-state index contributed by atoms with van der Waals surface area (Å²) in [6.07, 6.45) is 1.37. The molecule has 0 aliphatic heterocycles. The number of fused-ring (bicyclic) bond motifs is 1. The van der Waals surface area contributed by atoms with Crippen molar-refractivity contribution in [2.24, 2.45) is 5.73 Å². The number of ether oxygens (including phenoxy) is 2. The number of rotatable bonds is 4. The monoisotopic (exact) mass is 249 g/mol. The van der Waals surface area contributed by atoms with Crippen molar-refractivity contribution in [2.45, 2.75) is 38.8 Å². The quantitative estimate of drug-likeness (QED) is 0.829. The van der Waals surface area contributed by atoms with Crippen LogP contribution in [0.1, 0.15) is 37.4 Å². The van der Waals surface area contributed by atoms with E-state index in [9.17, 15) is 4.79 Å². The van der Waals surface area contributed by atoms with E-state index in [2.05, 4.69) is 0 Å². The lowest BCUT2D eigenvalue weighted by Gasteiger charge is -2.14. The van der Waals surface area contributed by atoms with Crippen LogP contribution in [0.3, 0.4) is 0 Å². The Hall–Kier alpha value is -1.55. The van der Waals surface area contributed by atoms with Crippen molar-refractivity contribution >= 4 is 5.97 Å². The highest BCUT2D eigenvalue weighted by Gasteiger charge is 2.21. The van der Waals surface area contributed by atoms with Crippen molar-refractivity contribution < 1.29 is 14.3 Å². The van der Waals surface area contributed by atoms with Gasteiger partial charge in [-0.2, -0.15) is 0 Å². The second-order valence-electron chi connectivity index (χ2n) is 4.52. The van der Waals surface area contributed by atoms with Crippen molar-refractivity contribution in [1.29, 1.82) is 0 Å². The van der Waals surface area contributed by atoms with E-state index in [1.54, 1.807) is 13.8 Å². The maximum atomic E-state index is 11.5. The minimum Gasteiger partial charge on any atom is -0.479 e. The molecule has 1 aliphatic carbocycles. The molecule has 1 aromatic carbocycles. The Balaban J connectivity index is 2.05. The highest BCUT2D eigenvalue weighted by Crippen LogP contribution is 2.32. The molecule has 98 valence electrons. The van der Waals surface area contributed by atoms with Crippen LogP contribution in [0.4, 0.5) is 0 Å². The maximum absolute atomic E-state index is 11.5. The Morgan fingerprint density at radius 3 is 3.06 bits per heavy atom. The van der Waals surface area contributed by atoms with Crippen molar-refractivity contribution in [1.82, 2.24) is 0 Å². The summed E-state index contributed by atoms with van der Waals surface area (Å²) in [6.45, 7) is 3.84. The number of hydrogen-bond acceptors (Lipinski definition) is 4. The first kappa shape index (κ1) is 12.9. The summed E-state index contributed by atoms with van der Waals surface area (Å²) in [6, 6.07) is 5.95. The van der Waals surface area contributed by atoms with E-state index in [0.29, 0.717) is 12.4 Å². The van der Waals surface area contributed by atoms with Crippen LogP contribution in [0.2, 0.25) is 0 Å².